The average molecular weight is 379 g/mol. The van der Waals surface area contributed by atoms with E-state index >= 15 is 0 Å². The molecule has 1 saturated heterocycles. The van der Waals surface area contributed by atoms with Gasteiger partial charge in [-0.25, -0.2) is 4.39 Å². The Morgan fingerprint density at radius 2 is 1.93 bits per heavy atom. The predicted molar refractivity (Wildman–Crippen MR) is 110 cm³/mol. The fraction of sp³-hybridized carbons (Fsp3) is 0.435. The third kappa shape index (κ3) is 2.89. The minimum atomic E-state index is -0.301. The van der Waals surface area contributed by atoms with Gasteiger partial charge in [0.1, 0.15) is 5.82 Å². The molecule has 2 atom stereocenters. The molecule has 0 amide bonds. The van der Waals surface area contributed by atoms with Gasteiger partial charge in [-0.2, -0.15) is 0 Å². The second kappa shape index (κ2) is 6.89. The molecule has 2 aromatic rings. The van der Waals surface area contributed by atoms with Gasteiger partial charge in [-0.1, -0.05) is 12.1 Å². The molecule has 2 aromatic carbocycles. The summed E-state index contributed by atoms with van der Waals surface area (Å²) in [6, 6.07) is 13.2. The summed E-state index contributed by atoms with van der Waals surface area (Å²) < 4.78 is 13.1. The first kappa shape index (κ1) is 17.7. The first-order chi connectivity index (χ1) is 13.6. The van der Waals surface area contributed by atoms with Gasteiger partial charge in [-0.15, -0.1) is 0 Å². The molecule has 146 valence electrons. The quantitative estimate of drug-likeness (QED) is 0.760. The van der Waals surface area contributed by atoms with Crippen LogP contribution in [-0.4, -0.2) is 56.5 Å². The number of carbonyl (C=O) groups is 1. The molecule has 4 nitrogen and oxygen atoms in total. The Balaban J connectivity index is 1.29. The topological polar surface area (TPSA) is 26.8 Å². The highest BCUT2D eigenvalue weighted by Crippen LogP contribution is 2.50. The molecule has 28 heavy (non-hydrogen) atoms. The van der Waals surface area contributed by atoms with E-state index in [0.29, 0.717) is 23.9 Å². The normalized spacial score (nSPS) is 23.5. The summed E-state index contributed by atoms with van der Waals surface area (Å²) in [6.07, 6.45) is 1.63. The predicted octanol–water partition coefficient (Wildman–Crippen LogP) is 3.53. The Bertz CT molecular complexity index is 897. The lowest BCUT2D eigenvalue weighted by molar-refractivity contribution is 0.0952. The summed E-state index contributed by atoms with van der Waals surface area (Å²) in [5, 5.41) is 0. The molecule has 0 radical (unpaired) electrons. The molecule has 0 saturated carbocycles. The van der Waals surface area contributed by atoms with Gasteiger partial charge in [-0.05, 0) is 42.3 Å². The van der Waals surface area contributed by atoms with E-state index < -0.39 is 0 Å². The van der Waals surface area contributed by atoms with Gasteiger partial charge in [0.2, 0.25) is 0 Å². The molecule has 5 rings (SSSR count). The van der Waals surface area contributed by atoms with Crippen molar-refractivity contribution in [2.45, 2.75) is 24.8 Å². The van der Waals surface area contributed by atoms with Crippen molar-refractivity contribution < 1.29 is 9.18 Å². The maximum Gasteiger partial charge on any atom is 0.164 e. The molecule has 3 aliphatic heterocycles. The number of anilines is 2. The van der Waals surface area contributed by atoms with E-state index in [0.717, 1.165) is 39.1 Å². The number of likely N-dealkylation sites (tertiary alicyclic amines) is 1. The number of Topliss-reactive ketones (excluding diaryl/α,β-unsaturated/α-hetero) is 1. The standard InChI is InChI=1S/C23H26FN3O/c1-25-13-14-27-20-9-11-26(12-10-22(28)16-5-7-17(24)8-6-16)15-19(20)18-3-2-4-21(25)23(18)27/h2-8,19-20H,9-15H2,1H3/t19-,20-/m0/s1. The highest BCUT2D eigenvalue weighted by molar-refractivity contribution is 5.96. The van der Waals surface area contributed by atoms with Crippen LogP contribution in [0.4, 0.5) is 15.8 Å². The molecular weight excluding hydrogens is 353 g/mol. The van der Waals surface area contributed by atoms with Crippen molar-refractivity contribution in [2.75, 3.05) is 49.6 Å². The fourth-order valence-corrected chi connectivity index (χ4v) is 5.22. The summed E-state index contributed by atoms with van der Waals surface area (Å²) in [5.41, 5.74) is 4.88. The van der Waals surface area contributed by atoms with E-state index in [2.05, 4.69) is 39.9 Å². The summed E-state index contributed by atoms with van der Waals surface area (Å²) in [5.74, 6) is 0.318. The van der Waals surface area contributed by atoms with Crippen molar-refractivity contribution in [1.29, 1.82) is 0 Å². The van der Waals surface area contributed by atoms with Crippen LogP contribution in [0.1, 0.15) is 34.7 Å². The second-order valence-electron chi connectivity index (χ2n) is 8.27. The van der Waals surface area contributed by atoms with Crippen molar-refractivity contribution in [3.05, 3.63) is 59.4 Å². The molecule has 3 heterocycles. The molecule has 3 aliphatic rings. The molecule has 0 aliphatic carbocycles. The monoisotopic (exact) mass is 379 g/mol. The van der Waals surface area contributed by atoms with E-state index in [9.17, 15) is 9.18 Å². The van der Waals surface area contributed by atoms with Gasteiger partial charge in [-0.3, -0.25) is 4.79 Å². The SMILES string of the molecule is CN1CCN2c3c(cccc31)[C@@H]1CN(CCC(=O)c3ccc(F)cc3)CC[C@@H]12. The fourth-order valence-electron chi connectivity index (χ4n) is 5.22. The molecule has 0 aromatic heterocycles. The molecule has 1 fully saturated rings. The zero-order valence-corrected chi connectivity index (χ0v) is 16.3. The van der Waals surface area contributed by atoms with Gasteiger partial charge in [0, 0.05) is 63.7 Å². The summed E-state index contributed by atoms with van der Waals surface area (Å²) in [7, 11) is 2.18. The molecule has 0 N–H and O–H groups in total. The van der Waals surface area contributed by atoms with Crippen LogP contribution in [0.5, 0.6) is 0 Å². The zero-order chi connectivity index (χ0) is 19.3. The van der Waals surface area contributed by atoms with E-state index in [4.69, 9.17) is 0 Å². The smallest absolute Gasteiger partial charge is 0.164 e. The first-order valence-corrected chi connectivity index (χ1v) is 10.2. The molecule has 0 bridgehead atoms. The van der Waals surface area contributed by atoms with Crippen molar-refractivity contribution in [3.8, 4) is 0 Å². The maximum absolute atomic E-state index is 13.1. The van der Waals surface area contributed by atoms with Crippen molar-refractivity contribution >= 4 is 17.2 Å². The minimum Gasteiger partial charge on any atom is -0.371 e. The summed E-state index contributed by atoms with van der Waals surface area (Å²) in [6.45, 7) is 5.00. The number of nitrogens with zero attached hydrogens (tertiary/aromatic N) is 3. The van der Waals surface area contributed by atoms with E-state index in [-0.39, 0.29) is 11.6 Å². The number of hydrogen-bond donors (Lipinski definition) is 0. The maximum atomic E-state index is 13.1. The van der Waals surface area contributed by atoms with Gasteiger partial charge in [0.15, 0.2) is 5.78 Å². The molecular formula is C23H26FN3O. The number of piperidine rings is 1. The number of hydrogen-bond acceptors (Lipinski definition) is 4. The van der Waals surface area contributed by atoms with Crippen LogP contribution in [-0.2, 0) is 0 Å². The van der Waals surface area contributed by atoms with Crippen molar-refractivity contribution in [2.24, 2.45) is 0 Å². The van der Waals surface area contributed by atoms with Crippen LogP contribution in [0.3, 0.4) is 0 Å². The van der Waals surface area contributed by atoms with Crippen molar-refractivity contribution in [3.63, 3.8) is 0 Å². The van der Waals surface area contributed by atoms with Gasteiger partial charge < -0.3 is 14.7 Å². The molecule has 5 heteroatoms. The number of fused-ring (bicyclic) bond motifs is 3. The van der Waals surface area contributed by atoms with Crippen LogP contribution in [0.25, 0.3) is 0 Å². The third-order valence-electron chi connectivity index (χ3n) is 6.70. The zero-order valence-electron chi connectivity index (χ0n) is 16.3. The number of para-hydroxylation sites is 1. The lowest BCUT2D eigenvalue weighted by Gasteiger charge is -2.41. The van der Waals surface area contributed by atoms with Crippen molar-refractivity contribution in [1.82, 2.24) is 4.90 Å². The van der Waals surface area contributed by atoms with Crippen LogP contribution in [0.2, 0.25) is 0 Å². The Morgan fingerprint density at radius 3 is 2.75 bits per heavy atom. The third-order valence-corrected chi connectivity index (χ3v) is 6.70. The summed E-state index contributed by atoms with van der Waals surface area (Å²) in [4.78, 5) is 19.9. The van der Waals surface area contributed by atoms with E-state index in [1.807, 2.05) is 0 Å². The molecule has 0 spiro atoms. The number of halogens is 1. The number of likely N-dealkylation sites (N-methyl/N-ethyl adjacent to an activating group) is 1. The molecule has 0 unspecified atom stereocenters. The average Bonchev–Trinajstić information content (AvgIpc) is 3.04. The Labute approximate surface area is 165 Å². The number of benzene rings is 2. The number of rotatable bonds is 4. The van der Waals surface area contributed by atoms with E-state index in [1.54, 1.807) is 12.1 Å². The number of ketones is 1. The van der Waals surface area contributed by atoms with Crippen LogP contribution >= 0.6 is 0 Å². The highest BCUT2D eigenvalue weighted by atomic mass is 19.1. The van der Waals surface area contributed by atoms with E-state index in [1.165, 1.54) is 29.1 Å². The lowest BCUT2D eigenvalue weighted by Crippen LogP contribution is -2.49. The second-order valence-corrected chi connectivity index (χ2v) is 8.27. The first-order valence-electron chi connectivity index (χ1n) is 10.2. The Hall–Kier alpha value is -2.40. The summed E-state index contributed by atoms with van der Waals surface area (Å²) >= 11 is 0. The largest absolute Gasteiger partial charge is 0.371 e. The lowest BCUT2D eigenvalue weighted by atomic mass is 9.89. The number of carbonyl (C=O) groups excluding carboxylic acids is 1. The van der Waals surface area contributed by atoms with Gasteiger partial charge in [0.25, 0.3) is 0 Å². The minimum absolute atomic E-state index is 0.0948. The highest BCUT2D eigenvalue weighted by Gasteiger charge is 2.44. The van der Waals surface area contributed by atoms with Gasteiger partial charge in [0.05, 0.1) is 11.4 Å². The Kier molecular flexibility index (Phi) is 4.35. The van der Waals surface area contributed by atoms with Gasteiger partial charge >= 0.3 is 0 Å². The Morgan fingerprint density at radius 1 is 1.11 bits per heavy atom. The van der Waals surface area contributed by atoms with Crippen LogP contribution in [0.15, 0.2) is 42.5 Å². The van der Waals surface area contributed by atoms with Crippen LogP contribution < -0.4 is 9.80 Å². The van der Waals surface area contributed by atoms with Crippen LogP contribution in [0, 0.1) is 5.82 Å².